The van der Waals surface area contributed by atoms with Gasteiger partial charge in [0.1, 0.15) is 11.3 Å². The molecule has 3 aromatic rings. The smallest absolute Gasteiger partial charge is 0.265 e. The maximum absolute atomic E-state index is 12.4. The van der Waals surface area contributed by atoms with E-state index in [-0.39, 0.29) is 17.2 Å². The van der Waals surface area contributed by atoms with Gasteiger partial charge in [-0.3, -0.25) is 9.59 Å². The molecule has 0 spiro atoms. The highest BCUT2D eigenvalue weighted by Crippen LogP contribution is 2.29. The Morgan fingerprint density at radius 2 is 1.87 bits per heavy atom. The monoisotopic (exact) mass is 328 g/mol. The van der Waals surface area contributed by atoms with Crippen LogP contribution in [0, 0.1) is 0 Å². The largest absolute Gasteiger partial charge is 0.506 e. The van der Waals surface area contributed by atoms with E-state index < -0.39 is 11.5 Å². The highest BCUT2D eigenvalue weighted by molar-refractivity contribution is 6.18. The summed E-state index contributed by atoms with van der Waals surface area (Å²) in [7, 11) is 0. The number of rotatable bonds is 3. The zero-order valence-corrected chi connectivity index (χ0v) is 12.7. The lowest BCUT2D eigenvalue weighted by Crippen LogP contribution is -2.23. The van der Waals surface area contributed by atoms with E-state index in [0.717, 1.165) is 0 Å². The number of aromatic hydroxyl groups is 1. The fourth-order valence-corrected chi connectivity index (χ4v) is 2.66. The molecule has 116 valence electrons. The van der Waals surface area contributed by atoms with Gasteiger partial charge in [-0.2, -0.15) is 0 Å². The molecule has 0 fully saturated rings. The molecule has 0 aliphatic carbocycles. The fourth-order valence-electron chi connectivity index (χ4n) is 2.44. The maximum Gasteiger partial charge on any atom is 0.265 e. The summed E-state index contributed by atoms with van der Waals surface area (Å²) >= 11 is 5.88. The Morgan fingerprint density at radius 3 is 2.57 bits per heavy atom. The molecule has 0 saturated heterocycles. The van der Waals surface area contributed by atoms with Crippen LogP contribution in [-0.4, -0.2) is 16.0 Å². The summed E-state index contributed by atoms with van der Waals surface area (Å²) in [5.41, 5.74) is 0.602. The predicted molar refractivity (Wildman–Crippen MR) is 90.2 cm³/mol. The van der Waals surface area contributed by atoms with Crippen molar-refractivity contribution in [2.24, 2.45) is 0 Å². The summed E-state index contributed by atoms with van der Waals surface area (Å²) in [6.07, 6.45) is 0. The van der Waals surface area contributed by atoms with Crippen molar-refractivity contribution in [3.05, 3.63) is 70.0 Å². The van der Waals surface area contributed by atoms with Crippen LogP contribution in [0.3, 0.4) is 0 Å². The lowest BCUT2D eigenvalue weighted by atomic mass is 10.1. The molecule has 0 radical (unpaired) electrons. The Morgan fingerprint density at radius 1 is 1.13 bits per heavy atom. The number of fused-ring (bicyclic) bond motifs is 1. The highest BCUT2D eigenvalue weighted by Gasteiger charge is 2.20. The van der Waals surface area contributed by atoms with E-state index in [9.17, 15) is 14.7 Å². The molecule has 0 bridgehead atoms. The Balaban J connectivity index is 2.14. The normalized spacial score (nSPS) is 10.7. The molecule has 0 saturated carbocycles. The van der Waals surface area contributed by atoms with Gasteiger partial charge < -0.3 is 15.4 Å². The van der Waals surface area contributed by atoms with Gasteiger partial charge in [0, 0.05) is 17.0 Å². The number of pyridine rings is 1. The Kier molecular flexibility index (Phi) is 4.04. The Labute approximate surface area is 136 Å². The number of anilines is 1. The SMILES string of the molecule is O=C(Nc1ccccc1)c1c(O)c2c(CCl)cccc2[nH]c1=O. The molecule has 23 heavy (non-hydrogen) atoms. The van der Waals surface area contributed by atoms with Crippen LogP contribution in [0.5, 0.6) is 5.75 Å². The molecule has 3 rings (SSSR count). The summed E-state index contributed by atoms with van der Waals surface area (Å²) in [6.45, 7) is 0. The molecule has 2 aromatic carbocycles. The van der Waals surface area contributed by atoms with Crippen molar-refractivity contribution in [3.63, 3.8) is 0 Å². The van der Waals surface area contributed by atoms with E-state index >= 15 is 0 Å². The molecule has 0 unspecified atom stereocenters. The lowest BCUT2D eigenvalue weighted by Gasteiger charge is -2.10. The number of aromatic nitrogens is 1. The van der Waals surface area contributed by atoms with Crippen molar-refractivity contribution in [2.75, 3.05) is 5.32 Å². The number of carbonyl (C=O) groups excluding carboxylic acids is 1. The molecule has 3 N–H and O–H groups in total. The molecule has 1 amide bonds. The lowest BCUT2D eigenvalue weighted by molar-refractivity contribution is 0.102. The second-order valence-electron chi connectivity index (χ2n) is 4.97. The number of aromatic amines is 1. The summed E-state index contributed by atoms with van der Waals surface area (Å²) in [6, 6.07) is 13.8. The van der Waals surface area contributed by atoms with Crippen molar-refractivity contribution in [1.29, 1.82) is 0 Å². The Bertz CT molecular complexity index is 936. The van der Waals surface area contributed by atoms with E-state index in [1.807, 2.05) is 6.07 Å². The zero-order chi connectivity index (χ0) is 16.4. The standard InChI is InChI=1S/C17H13ClN2O3/c18-9-10-5-4-8-12-13(10)15(21)14(17(23)20-12)16(22)19-11-6-2-1-3-7-11/h1-8H,9H2,(H,19,22)(H2,20,21,23). The van der Waals surface area contributed by atoms with Gasteiger partial charge in [0.25, 0.3) is 11.5 Å². The van der Waals surface area contributed by atoms with Gasteiger partial charge in [-0.1, -0.05) is 30.3 Å². The summed E-state index contributed by atoms with van der Waals surface area (Å²) in [5, 5.41) is 13.4. The van der Waals surface area contributed by atoms with Gasteiger partial charge in [-0.05, 0) is 23.8 Å². The van der Waals surface area contributed by atoms with Crippen LogP contribution < -0.4 is 10.9 Å². The van der Waals surface area contributed by atoms with Crippen LogP contribution in [0.2, 0.25) is 0 Å². The first kappa shape index (κ1) is 15.1. The number of hydrogen-bond donors (Lipinski definition) is 3. The van der Waals surface area contributed by atoms with Gasteiger partial charge in [0.15, 0.2) is 0 Å². The number of benzene rings is 2. The first-order valence-corrected chi connectivity index (χ1v) is 7.44. The third-order valence-electron chi connectivity index (χ3n) is 3.50. The molecule has 1 aromatic heterocycles. The zero-order valence-electron chi connectivity index (χ0n) is 12.0. The van der Waals surface area contributed by atoms with Crippen LogP contribution in [0.4, 0.5) is 5.69 Å². The molecule has 1 heterocycles. The van der Waals surface area contributed by atoms with E-state index in [0.29, 0.717) is 22.2 Å². The van der Waals surface area contributed by atoms with Crippen molar-refractivity contribution >= 4 is 34.1 Å². The van der Waals surface area contributed by atoms with E-state index in [2.05, 4.69) is 10.3 Å². The quantitative estimate of drug-likeness (QED) is 0.646. The summed E-state index contributed by atoms with van der Waals surface area (Å²) < 4.78 is 0. The van der Waals surface area contributed by atoms with Crippen molar-refractivity contribution in [1.82, 2.24) is 4.98 Å². The van der Waals surface area contributed by atoms with Crippen LogP contribution in [-0.2, 0) is 5.88 Å². The van der Waals surface area contributed by atoms with Gasteiger partial charge in [-0.25, -0.2) is 0 Å². The fraction of sp³-hybridized carbons (Fsp3) is 0.0588. The minimum Gasteiger partial charge on any atom is -0.506 e. The number of hydrogen-bond acceptors (Lipinski definition) is 3. The number of alkyl halides is 1. The summed E-state index contributed by atoms with van der Waals surface area (Å²) in [4.78, 5) is 27.2. The van der Waals surface area contributed by atoms with Crippen LogP contribution in [0.1, 0.15) is 15.9 Å². The van der Waals surface area contributed by atoms with Crippen molar-refractivity contribution < 1.29 is 9.90 Å². The second kappa shape index (κ2) is 6.14. The first-order chi connectivity index (χ1) is 11.1. The Hall–Kier alpha value is -2.79. The number of H-pyrrole nitrogens is 1. The van der Waals surface area contributed by atoms with E-state index in [4.69, 9.17) is 11.6 Å². The molecule has 6 heteroatoms. The molecule has 0 atom stereocenters. The number of amides is 1. The number of carbonyl (C=O) groups is 1. The number of halogens is 1. The van der Waals surface area contributed by atoms with Gasteiger partial charge in [0.05, 0.1) is 5.52 Å². The van der Waals surface area contributed by atoms with Gasteiger partial charge >= 0.3 is 0 Å². The molecular formula is C17H13ClN2O3. The van der Waals surface area contributed by atoms with Crippen LogP contribution in [0.25, 0.3) is 10.9 Å². The topological polar surface area (TPSA) is 82.2 Å². The molecule has 0 aliphatic rings. The summed E-state index contributed by atoms with van der Waals surface area (Å²) in [5.74, 6) is -0.897. The van der Waals surface area contributed by atoms with Gasteiger partial charge in [0.2, 0.25) is 0 Å². The first-order valence-electron chi connectivity index (χ1n) is 6.91. The molecule has 5 nitrogen and oxygen atoms in total. The average Bonchev–Trinajstić information content (AvgIpc) is 2.55. The average molecular weight is 329 g/mol. The van der Waals surface area contributed by atoms with Gasteiger partial charge in [-0.15, -0.1) is 11.6 Å². The number of nitrogens with one attached hydrogen (secondary N) is 2. The van der Waals surface area contributed by atoms with Crippen molar-refractivity contribution in [2.45, 2.75) is 5.88 Å². The molecular weight excluding hydrogens is 316 g/mol. The highest BCUT2D eigenvalue weighted by atomic mass is 35.5. The minimum absolute atomic E-state index is 0.149. The van der Waals surface area contributed by atoms with Crippen molar-refractivity contribution in [3.8, 4) is 5.75 Å². The third kappa shape index (κ3) is 2.78. The molecule has 0 aliphatic heterocycles. The van der Waals surface area contributed by atoms with E-state index in [1.165, 1.54) is 0 Å². The van der Waals surface area contributed by atoms with Crippen LogP contribution >= 0.6 is 11.6 Å². The van der Waals surface area contributed by atoms with E-state index in [1.54, 1.807) is 42.5 Å². The maximum atomic E-state index is 12.4. The minimum atomic E-state index is -0.679. The number of para-hydroxylation sites is 1. The third-order valence-corrected chi connectivity index (χ3v) is 3.79. The van der Waals surface area contributed by atoms with Crippen LogP contribution in [0.15, 0.2) is 53.3 Å². The predicted octanol–water partition coefficient (Wildman–Crippen LogP) is 3.22. The second-order valence-corrected chi connectivity index (χ2v) is 5.24.